The highest BCUT2D eigenvalue weighted by Gasteiger charge is 2.15. The third kappa shape index (κ3) is 4.85. The number of carboxylic acid groups (broad SMARTS) is 1. The Morgan fingerprint density at radius 1 is 1.50 bits per heavy atom. The molecule has 2 N–H and O–H groups in total. The number of carbonyl (C=O) groups excluding carboxylic acids is 1. The summed E-state index contributed by atoms with van der Waals surface area (Å²) >= 11 is 0. The predicted molar refractivity (Wildman–Crippen MR) is 73.9 cm³/mol. The molecule has 0 unspecified atom stereocenters. The topological polar surface area (TPSA) is 91.8 Å². The van der Waals surface area contributed by atoms with Crippen molar-refractivity contribution in [2.45, 2.75) is 20.0 Å². The van der Waals surface area contributed by atoms with Gasteiger partial charge in [0.1, 0.15) is 0 Å². The van der Waals surface area contributed by atoms with E-state index in [-0.39, 0.29) is 17.5 Å². The van der Waals surface area contributed by atoms with Gasteiger partial charge in [0.2, 0.25) is 0 Å². The number of rotatable bonds is 6. The number of carbonyl (C=O) groups is 2. The third-order valence-electron chi connectivity index (χ3n) is 2.48. The first-order chi connectivity index (χ1) is 9.41. The molecule has 0 atom stereocenters. The fraction of sp³-hybridized carbons (Fsp3) is 0.462. The van der Waals surface area contributed by atoms with Crippen molar-refractivity contribution < 1.29 is 19.4 Å². The number of nitrogens with zero attached hydrogens (tertiary/aromatic N) is 2. The Morgan fingerprint density at radius 2 is 2.20 bits per heavy atom. The minimum absolute atomic E-state index is 0.100. The van der Waals surface area contributed by atoms with E-state index in [2.05, 4.69) is 10.3 Å². The summed E-state index contributed by atoms with van der Waals surface area (Å²) in [5.74, 6) is -1.19. The lowest BCUT2D eigenvalue weighted by Crippen LogP contribution is -2.34. The lowest BCUT2D eigenvalue weighted by molar-refractivity contribution is 0.0685. The second-order valence-electron chi connectivity index (χ2n) is 4.48. The van der Waals surface area contributed by atoms with Crippen LogP contribution >= 0.6 is 0 Å². The molecule has 0 saturated carbocycles. The molecule has 7 heteroatoms. The Morgan fingerprint density at radius 3 is 2.80 bits per heavy atom. The molecule has 0 saturated heterocycles. The first-order valence-electron chi connectivity index (χ1n) is 6.24. The van der Waals surface area contributed by atoms with Gasteiger partial charge in [-0.15, -0.1) is 0 Å². The van der Waals surface area contributed by atoms with E-state index >= 15 is 0 Å². The molecular formula is C13H19N3O4. The van der Waals surface area contributed by atoms with Gasteiger partial charge in [0.25, 0.3) is 0 Å². The number of carboxylic acids is 1. The number of likely N-dealkylation sites (N-methyl/N-ethyl adjacent to an activating group) is 1. The van der Waals surface area contributed by atoms with Crippen LogP contribution in [-0.4, -0.2) is 53.3 Å². The van der Waals surface area contributed by atoms with Crippen LogP contribution in [-0.2, 0) is 4.74 Å². The fourth-order valence-electron chi connectivity index (χ4n) is 1.41. The van der Waals surface area contributed by atoms with E-state index in [1.807, 2.05) is 13.8 Å². The minimum atomic E-state index is -1.19. The van der Waals surface area contributed by atoms with Crippen LogP contribution in [0.4, 0.5) is 10.5 Å². The van der Waals surface area contributed by atoms with E-state index in [1.165, 1.54) is 17.2 Å². The van der Waals surface area contributed by atoms with Crippen LogP contribution in [0.2, 0.25) is 0 Å². The fourth-order valence-corrected chi connectivity index (χ4v) is 1.41. The van der Waals surface area contributed by atoms with Crippen LogP contribution in [0.5, 0.6) is 0 Å². The zero-order chi connectivity index (χ0) is 15.1. The van der Waals surface area contributed by atoms with Crippen molar-refractivity contribution in [3.8, 4) is 0 Å². The van der Waals surface area contributed by atoms with Gasteiger partial charge in [-0.1, -0.05) is 0 Å². The largest absolute Gasteiger partial charge is 0.476 e. The van der Waals surface area contributed by atoms with E-state index in [0.717, 1.165) is 0 Å². The highest BCUT2D eigenvalue weighted by atomic mass is 16.5. The van der Waals surface area contributed by atoms with Crippen LogP contribution in [0.15, 0.2) is 18.3 Å². The highest BCUT2D eigenvalue weighted by molar-refractivity contribution is 5.98. The SMILES string of the molecule is CC(C)OCCN(C)C(=O)Nc1cccnc1C(=O)O. The average Bonchev–Trinajstić information content (AvgIpc) is 2.38. The number of hydrogen-bond donors (Lipinski definition) is 2. The molecule has 0 bridgehead atoms. The molecule has 1 heterocycles. The van der Waals surface area contributed by atoms with Crippen molar-refractivity contribution >= 4 is 17.7 Å². The van der Waals surface area contributed by atoms with Gasteiger partial charge in [0.15, 0.2) is 5.69 Å². The van der Waals surface area contributed by atoms with Crippen molar-refractivity contribution in [2.24, 2.45) is 0 Å². The second kappa shape index (κ2) is 7.44. The van der Waals surface area contributed by atoms with Gasteiger partial charge in [0, 0.05) is 19.8 Å². The number of pyridine rings is 1. The number of amides is 2. The van der Waals surface area contributed by atoms with Crippen molar-refractivity contribution in [1.29, 1.82) is 0 Å². The summed E-state index contributed by atoms with van der Waals surface area (Å²) in [5.41, 5.74) is -0.0192. The highest BCUT2D eigenvalue weighted by Crippen LogP contribution is 2.12. The van der Waals surface area contributed by atoms with Crippen molar-refractivity contribution in [3.63, 3.8) is 0 Å². The van der Waals surface area contributed by atoms with Crippen molar-refractivity contribution in [3.05, 3.63) is 24.0 Å². The monoisotopic (exact) mass is 281 g/mol. The number of aromatic carboxylic acids is 1. The molecule has 0 aromatic carbocycles. The zero-order valence-corrected chi connectivity index (χ0v) is 11.8. The summed E-state index contributed by atoms with van der Waals surface area (Å²) < 4.78 is 5.35. The van der Waals surface area contributed by atoms with E-state index in [4.69, 9.17) is 9.84 Å². The van der Waals surface area contributed by atoms with Gasteiger partial charge in [-0.05, 0) is 26.0 Å². The molecule has 1 aromatic rings. The molecular weight excluding hydrogens is 262 g/mol. The summed E-state index contributed by atoms with van der Waals surface area (Å²) in [6.07, 6.45) is 1.46. The van der Waals surface area contributed by atoms with E-state index in [0.29, 0.717) is 13.2 Å². The van der Waals surface area contributed by atoms with Crippen LogP contribution in [0.25, 0.3) is 0 Å². The normalized spacial score (nSPS) is 10.4. The first kappa shape index (κ1) is 15.9. The van der Waals surface area contributed by atoms with Gasteiger partial charge in [-0.3, -0.25) is 0 Å². The summed E-state index contributed by atoms with van der Waals surface area (Å²) in [4.78, 5) is 28.0. The zero-order valence-electron chi connectivity index (χ0n) is 11.8. The Bertz CT molecular complexity index is 476. The van der Waals surface area contributed by atoms with Gasteiger partial charge in [-0.2, -0.15) is 0 Å². The molecule has 1 aromatic heterocycles. The Hall–Kier alpha value is -2.15. The smallest absolute Gasteiger partial charge is 0.356 e. The molecule has 1 rings (SSSR count). The number of aromatic nitrogens is 1. The molecule has 0 aliphatic carbocycles. The maximum absolute atomic E-state index is 11.9. The molecule has 0 fully saturated rings. The quantitative estimate of drug-likeness (QED) is 0.827. The van der Waals surface area contributed by atoms with Crippen molar-refractivity contribution in [2.75, 3.05) is 25.5 Å². The lowest BCUT2D eigenvalue weighted by Gasteiger charge is -2.19. The number of hydrogen-bond acceptors (Lipinski definition) is 4. The van der Waals surface area contributed by atoms with E-state index < -0.39 is 12.0 Å². The maximum atomic E-state index is 11.9. The number of nitrogens with one attached hydrogen (secondary N) is 1. The van der Waals surface area contributed by atoms with Crippen LogP contribution < -0.4 is 5.32 Å². The Labute approximate surface area is 117 Å². The molecule has 20 heavy (non-hydrogen) atoms. The van der Waals surface area contributed by atoms with E-state index in [1.54, 1.807) is 13.1 Å². The summed E-state index contributed by atoms with van der Waals surface area (Å²) in [6.45, 7) is 4.65. The summed E-state index contributed by atoms with van der Waals surface area (Å²) in [5, 5.41) is 11.5. The number of anilines is 1. The lowest BCUT2D eigenvalue weighted by atomic mass is 10.3. The molecule has 110 valence electrons. The standard InChI is InChI=1S/C13H19N3O4/c1-9(2)20-8-7-16(3)13(19)15-10-5-4-6-14-11(10)12(17)18/h4-6,9H,7-8H2,1-3H3,(H,15,19)(H,17,18). The third-order valence-corrected chi connectivity index (χ3v) is 2.48. The van der Waals surface area contributed by atoms with Crippen LogP contribution in [0, 0.1) is 0 Å². The Balaban J connectivity index is 2.59. The molecule has 0 aliphatic rings. The van der Waals surface area contributed by atoms with Gasteiger partial charge >= 0.3 is 12.0 Å². The molecule has 0 aliphatic heterocycles. The van der Waals surface area contributed by atoms with Crippen LogP contribution in [0.3, 0.4) is 0 Å². The maximum Gasteiger partial charge on any atom is 0.356 e. The summed E-state index contributed by atoms with van der Waals surface area (Å²) in [6, 6.07) is 2.64. The first-order valence-corrected chi connectivity index (χ1v) is 6.24. The number of urea groups is 1. The second-order valence-corrected chi connectivity index (χ2v) is 4.48. The molecule has 7 nitrogen and oxygen atoms in total. The van der Waals surface area contributed by atoms with Gasteiger partial charge < -0.3 is 20.1 Å². The minimum Gasteiger partial charge on any atom is -0.476 e. The predicted octanol–water partition coefficient (Wildman–Crippen LogP) is 1.67. The van der Waals surface area contributed by atoms with Crippen LogP contribution in [0.1, 0.15) is 24.3 Å². The van der Waals surface area contributed by atoms with Gasteiger partial charge in [-0.25, -0.2) is 14.6 Å². The van der Waals surface area contributed by atoms with Gasteiger partial charge in [0.05, 0.1) is 18.4 Å². The molecule has 0 spiro atoms. The average molecular weight is 281 g/mol. The van der Waals surface area contributed by atoms with E-state index in [9.17, 15) is 9.59 Å². The molecule has 2 amide bonds. The van der Waals surface area contributed by atoms with Crippen molar-refractivity contribution in [1.82, 2.24) is 9.88 Å². The summed E-state index contributed by atoms with van der Waals surface area (Å²) in [7, 11) is 1.61. The number of ether oxygens (including phenoxy) is 1. The molecule has 0 radical (unpaired) electrons. The Kier molecular flexibility index (Phi) is 5.92.